The van der Waals surface area contributed by atoms with Crippen molar-refractivity contribution in [3.8, 4) is 0 Å². The van der Waals surface area contributed by atoms with Gasteiger partial charge < -0.3 is 4.84 Å². The Balaban J connectivity index is 1.52. The van der Waals surface area contributed by atoms with Crippen molar-refractivity contribution >= 4 is 45.1 Å². The second-order valence-electron chi connectivity index (χ2n) is 5.17. The van der Waals surface area contributed by atoms with E-state index in [4.69, 9.17) is 10.4 Å². The Morgan fingerprint density at radius 3 is 2.46 bits per heavy atom. The molecule has 0 atom stereocenters. The molecule has 0 fully saturated rings. The number of nitrogens with zero attached hydrogens (tertiary/aromatic N) is 4. The molecule has 1 aliphatic heterocycles. The van der Waals surface area contributed by atoms with Crippen LogP contribution >= 0.6 is 21.6 Å². The lowest BCUT2D eigenvalue weighted by molar-refractivity contribution is -0.196. The van der Waals surface area contributed by atoms with Gasteiger partial charge in [0.2, 0.25) is 0 Å². The Morgan fingerprint density at radius 1 is 1.12 bits per heavy atom. The number of benzene rings is 1. The minimum Gasteiger partial charge on any atom is -0.330 e. The fourth-order valence-electron chi connectivity index (χ4n) is 1.96. The number of azide groups is 1. The minimum absolute atomic E-state index is 0.162. The van der Waals surface area contributed by atoms with Gasteiger partial charge in [-0.25, -0.2) is 4.79 Å². The summed E-state index contributed by atoms with van der Waals surface area (Å²) in [7, 11) is 3.34. The van der Waals surface area contributed by atoms with Crippen LogP contribution in [0, 0.1) is 0 Å². The van der Waals surface area contributed by atoms with Gasteiger partial charge in [0.1, 0.15) is 0 Å². The Labute approximate surface area is 157 Å². The molecule has 0 spiro atoms. The first-order valence-electron chi connectivity index (χ1n) is 7.81. The number of hydrogen-bond acceptors (Lipinski definition) is 7. The lowest BCUT2D eigenvalue weighted by Crippen LogP contribution is -2.32. The van der Waals surface area contributed by atoms with Crippen LogP contribution in [0.2, 0.25) is 0 Å². The van der Waals surface area contributed by atoms with Crippen LogP contribution in [0.25, 0.3) is 10.4 Å². The molecule has 0 unspecified atom stereocenters. The Bertz CT molecular complexity index is 727. The molecule has 1 aliphatic rings. The van der Waals surface area contributed by atoms with Crippen LogP contribution in [0.5, 0.6) is 0 Å². The summed E-state index contributed by atoms with van der Waals surface area (Å²) in [6.45, 7) is 0. The molecule has 0 radical (unpaired) electrons. The van der Waals surface area contributed by atoms with E-state index in [1.165, 1.54) is 0 Å². The predicted molar refractivity (Wildman–Crippen MR) is 99.1 cm³/mol. The van der Waals surface area contributed by atoms with Crippen LogP contribution in [0.4, 0.5) is 5.69 Å². The molecular formula is C16H16N4O4S2. The van der Waals surface area contributed by atoms with Crippen molar-refractivity contribution in [3.05, 3.63) is 46.9 Å². The van der Waals surface area contributed by atoms with Crippen LogP contribution in [-0.2, 0) is 19.2 Å². The molecule has 0 aliphatic carbocycles. The molecule has 26 heavy (non-hydrogen) atoms. The second kappa shape index (κ2) is 10.5. The quantitative estimate of drug-likeness (QED) is 0.146. The van der Waals surface area contributed by atoms with Gasteiger partial charge >= 0.3 is 5.97 Å². The number of rotatable bonds is 10. The van der Waals surface area contributed by atoms with Gasteiger partial charge in [0.15, 0.2) is 0 Å². The van der Waals surface area contributed by atoms with E-state index in [0.717, 1.165) is 35.6 Å². The van der Waals surface area contributed by atoms with Gasteiger partial charge in [0.25, 0.3) is 11.8 Å². The van der Waals surface area contributed by atoms with Crippen molar-refractivity contribution in [2.45, 2.75) is 30.6 Å². The van der Waals surface area contributed by atoms with E-state index in [-0.39, 0.29) is 6.42 Å². The molecule has 10 heteroatoms. The maximum absolute atomic E-state index is 11.6. The van der Waals surface area contributed by atoms with E-state index in [1.54, 1.807) is 33.7 Å². The van der Waals surface area contributed by atoms with Gasteiger partial charge in [-0.3, -0.25) is 9.59 Å². The van der Waals surface area contributed by atoms with Crippen molar-refractivity contribution in [2.75, 3.05) is 5.75 Å². The summed E-state index contributed by atoms with van der Waals surface area (Å²) in [5.74, 6) is -0.934. The average Bonchev–Trinajstić information content (AvgIpc) is 2.94. The summed E-state index contributed by atoms with van der Waals surface area (Å²) >= 11 is 0. The number of hydrogen-bond donors (Lipinski definition) is 0. The third-order valence-electron chi connectivity index (χ3n) is 3.22. The first-order valence-corrected chi connectivity index (χ1v) is 10.1. The highest BCUT2D eigenvalue weighted by molar-refractivity contribution is 8.76. The Kier molecular flexibility index (Phi) is 8.07. The van der Waals surface area contributed by atoms with E-state index < -0.39 is 17.8 Å². The van der Waals surface area contributed by atoms with E-state index in [0.29, 0.717) is 17.2 Å². The normalized spacial score (nSPS) is 13.0. The molecule has 0 saturated carbocycles. The first-order chi connectivity index (χ1) is 12.6. The molecule has 0 bridgehead atoms. The highest BCUT2D eigenvalue weighted by Crippen LogP contribution is 2.32. The number of imide groups is 1. The SMILES string of the molecule is [N-]=[N+]=Nc1ccc(SSCCCCCC(=O)ON2C(=O)C=CC2=O)cc1. The van der Waals surface area contributed by atoms with Crippen molar-refractivity contribution in [2.24, 2.45) is 5.11 Å². The molecule has 1 aromatic rings. The van der Waals surface area contributed by atoms with E-state index in [9.17, 15) is 14.4 Å². The highest BCUT2D eigenvalue weighted by Gasteiger charge is 2.27. The van der Waals surface area contributed by atoms with Gasteiger partial charge in [0, 0.05) is 39.8 Å². The summed E-state index contributed by atoms with van der Waals surface area (Å²) in [5.41, 5.74) is 8.93. The van der Waals surface area contributed by atoms with Crippen molar-refractivity contribution in [3.63, 3.8) is 0 Å². The molecule has 1 aromatic carbocycles. The van der Waals surface area contributed by atoms with Gasteiger partial charge in [-0.1, -0.05) is 50.3 Å². The molecule has 0 aromatic heterocycles. The Morgan fingerprint density at radius 2 is 1.81 bits per heavy atom. The molecule has 0 saturated heterocycles. The molecule has 0 N–H and O–H groups in total. The minimum atomic E-state index is -0.635. The zero-order valence-electron chi connectivity index (χ0n) is 13.7. The lowest BCUT2D eigenvalue weighted by atomic mass is 10.2. The molecule has 2 amide bonds. The zero-order valence-corrected chi connectivity index (χ0v) is 15.4. The van der Waals surface area contributed by atoms with Crippen LogP contribution < -0.4 is 0 Å². The van der Waals surface area contributed by atoms with E-state index >= 15 is 0 Å². The summed E-state index contributed by atoms with van der Waals surface area (Å²) < 4.78 is 0. The number of carbonyl (C=O) groups is 3. The maximum atomic E-state index is 11.6. The summed E-state index contributed by atoms with van der Waals surface area (Å²) in [5, 5.41) is 3.99. The molecule has 136 valence electrons. The third-order valence-corrected chi connectivity index (χ3v) is 5.69. The summed E-state index contributed by atoms with van der Waals surface area (Å²) in [6, 6.07) is 7.32. The first kappa shape index (κ1) is 19.9. The molecule has 8 nitrogen and oxygen atoms in total. The van der Waals surface area contributed by atoms with E-state index in [2.05, 4.69) is 10.0 Å². The zero-order chi connectivity index (χ0) is 18.8. The van der Waals surface area contributed by atoms with E-state index in [1.807, 2.05) is 12.1 Å². The number of unbranched alkanes of at least 4 members (excludes halogenated alkanes) is 2. The molecular weight excluding hydrogens is 376 g/mol. The van der Waals surface area contributed by atoms with Gasteiger partial charge in [0.05, 0.1) is 0 Å². The summed E-state index contributed by atoms with van der Waals surface area (Å²) in [6.07, 6.45) is 4.71. The van der Waals surface area contributed by atoms with Crippen molar-refractivity contribution in [1.82, 2.24) is 5.06 Å². The molecule has 1 heterocycles. The number of carbonyl (C=O) groups excluding carboxylic acids is 3. The second-order valence-corrected chi connectivity index (χ2v) is 7.66. The lowest BCUT2D eigenvalue weighted by Gasteiger charge is -2.12. The standard InChI is InChI=1S/C16H16N4O4S2/c17-19-18-12-5-7-13(8-6-12)26-25-11-3-1-2-4-16(23)24-20-14(21)9-10-15(20)22/h5-10H,1-4,11H2. The fourth-order valence-corrected chi connectivity index (χ4v) is 4.09. The predicted octanol–water partition coefficient (Wildman–Crippen LogP) is 4.31. The topological polar surface area (TPSA) is 112 Å². The van der Waals surface area contributed by atoms with Crippen molar-refractivity contribution < 1.29 is 19.2 Å². The van der Waals surface area contributed by atoms with Gasteiger partial charge in [-0.15, -0.1) is 0 Å². The maximum Gasteiger partial charge on any atom is 0.333 e. The average molecular weight is 392 g/mol. The van der Waals surface area contributed by atoms with Crippen LogP contribution in [0.15, 0.2) is 46.4 Å². The molecule has 2 rings (SSSR count). The van der Waals surface area contributed by atoms with Gasteiger partial charge in [-0.05, 0) is 30.5 Å². The fraction of sp³-hybridized carbons (Fsp3) is 0.312. The summed E-state index contributed by atoms with van der Waals surface area (Å²) in [4.78, 5) is 42.6. The van der Waals surface area contributed by atoms with Gasteiger partial charge in [-0.2, -0.15) is 0 Å². The number of hydroxylamine groups is 2. The van der Waals surface area contributed by atoms with Crippen LogP contribution in [0.1, 0.15) is 25.7 Å². The van der Waals surface area contributed by atoms with Crippen LogP contribution in [0.3, 0.4) is 0 Å². The largest absolute Gasteiger partial charge is 0.333 e. The number of amides is 2. The monoisotopic (exact) mass is 392 g/mol. The third kappa shape index (κ3) is 6.47. The Hall–Kier alpha value is -2.42. The van der Waals surface area contributed by atoms with Crippen molar-refractivity contribution in [1.29, 1.82) is 0 Å². The smallest absolute Gasteiger partial charge is 0.330 e. The highest BCUT2D eigenvalue weighted by atomic mass is 33.1. The van der Waals surface area contributed by atoms with Crippen LogP contribution in [-0.4, -0.2) is 28.6 Å².